The lowest BCUT2D eigenvalue weighted by molar-refractivity contribution is -0.140. The molecular weight excluding hydrogens is 506 g/mol. The molecule has 3 heterocycles. The summed E-state index contributed by atoms with van der Waals surface area (Å²) in [7, 11) is -3.98. The fraction of sp³-hybridized carbons (Fsp3) is 0.519. The number of furan rings is 1. The summed E-state index contributed by atoms with van der Waals surface area (Å²) in [6.45, 7) is 6.71. The largest absolute Gasteiger partial charge is 0.461 e. The summed E-state index contributed by atoms with van der Waals surface area (Å²) in [4.78, 5) is 29.2. The molecular formula is C27H35N5O5S. The first-order valence-corrected chi connectivity index (χ1v) is 14.6. The number of hydrogen-bond acceptors (Lipinski definition) is 8. The number of allylic oxidation sites excluding steroid dienone is 1. The highest BCUT2D eigenvalue weighted by Crippen LogP contribution is 2.26. The molecule has 0 unspecified atom stereocenters. The highest BCUT2D eigenvalue weighted by molar-refractivity contribution is 7.96. The summed E-state index contributed by atoms with van der Waals surface area (Å²) < 4.78 is 31.9. The zero-order valence-corrected chi connectivity index (χ0v) is 22.9. The van der Waals surface area contributed by atoms with E-state index in [2.05, 4.69) is 10.6 Å². The number of rotatable bonds is 8. The van der Waals surface area contributed by atoms with Gasteiger partial charge in [-0.3, -0.25) is 9.59 Å². The van der Waals surface area contributed by atoms with Gasteiger partial charge in [0.15, 0.2) is 14.7 Å². The van der Waals surface area contributed by atoms with Crippen LogP contribution in [0.4, 0.5) is 5.69 Å². The van der Waals surface area contributed by atoms with Crippen LogP contribution in [-0.4, -0.2) is 67.5 Å². The van der Waals surface area contributed by atoms with Crippen LogP contribution in [0.2, 0.25) is 0 Å². The van der Waals surface area contributed by atoms with E-state index in [1.165, 1.54) is 13.8 Å². The zero-order chi connectivity index (χ0) is 27.4. The Hall–Kier alpha value is -3.52. The van der Waals surface area contributed by atoms with E-state index in [-0.39, 0.29) is 24.2 Å². The first-order chi connectivity index (χ1) is 18.1. The van der Waals surface area contributed by atoms with E-state index in [9.17, 15) is 23.3 Å². The van der Waals surface area contributed by atoms with Crippen molar-refractivity contribution in [2.75, 3.05) is 31.5 Å². The van der Waals surface area contributed by atoms with Crippen LogP contribution in [0.3, 0.4) is 0 Å². The molecule has 2 fully saturated rings. The summed E-state index contributed by atoms with van der Waals surface area (Å²) >= 11 is 0. The first-order valence-electron chi connectivity index (χ1n) is 13.1. The number of hydrogen-bond donors (Lipinski definition) is 2. The van der Waals surface area contributed by atoms with Gasteiger partial charge in [0, 0.05) is 30.7 Å². The number of anilines is 1. The molecule has 2 N–H and O–H groups in total. The average Bonchev–Trinajstić information content (AvgIpc) is 3.50. The topological polar surface area (TPSA) is 136 Å². The number of nitriles is 1. The predicted molar refractivity (Wildman–Crippen MR) is 144 cm³/mol. The molecule has 2 aliphatic heterocycles. The number of benzene rings is 1. The van der Waals surface area contributed by atoms with Gasteiger partial charge in [-0.1, -0.05) is 0 Å². The van der Waals surface area contributed by atoms with Gasteiger partial charge in [-0.2, -0.15) is 5.26 Å². The predicted octanol–water partition coefficient (Wildman–Crippen LogP) is 3.26. The van der Waals surface area contributed by atoms with Crippen LogP contribution in [0, 0.1) is 18.3 Å². The molecule has 0 spiro atoms. The van der Waals surface area contributed by atoms with Crippen LogP contribution in [0.25, 0.3) is 11.0 Å². The maximum Gasteiger partial charge on any atom is 0.245 e. The second-order valence-electron chi connectivity index (χ2n) is 10.2. The molecule has 2 amide bonds. The summed E-state index contributed by atoms with van der Waals surface area (Å²) in [6.07, 6.45) is 3.82. The van der Waals surface area contributed by atoms with Gasteiger partial charge < -0.3 is 24.9 Å². The summed E-state index contributed by atoms with van der Waals surface area (Å²) in [5, 5.41) is 16.0. The van der Waals surface area contributed by atoms with Gasteiger partial charge in [0.1, 0.15) is 29.3 Å². The minimum atomic E-state index is -3.98. The molecule has 2 saturated heterocycles. The molecule has 0 radical (unpaired) electrons. The second kappa shape index (κ2) is 11.5. The Bertz CT molecular complexity index is 1380. The van der Waals surface area contributed by atoms with Gasteiger partial charge in [-0.05, 0) is 77.1 Å². The van der Waals surface area contributed by atoms with Gasteiger partial charge in [0.25, 0.3) is 0 Å². The minimum absolute atomic E-state index is 0.00457. The lowest BCUT2D eigenvalue weighted by Crippen LogP contribution is -2.49. The first kappa shape index (κ1) is 27.5. The van der Waals surface area contributed by atoms with Crippen molar-refractivity contribution >= 4 is 38.3 Å². The Morgan fingerprint density at radius 3 is 2.55 bits per heavy atom. The second-order valence-corrected chi connectivity index (χ2v) is 12.6. The average molecular weight is 542 g/mol. The van der Waals surface area contributed by atoms with Crippen LogP contribution < -0.4 is 10.6 Å². The van der Waals surface area contributed by atoms with E-state index in [1.54, 1.807) is 28.0 Å². The van der Waals surface area contributed by atoms with Gasteiger partial charge in [-0.25, -0.2) is 8.42 Å². The van der Waals surface area contributed by atoms with E-state index >= 15 is 0 Å². The van der Waals surface area contributed by atoms with Crippen LogP contribution in [0.5, 0.6) is 0 Å². The summed E-state index contributed by atoms with van der Waals surface area (Å²) in [6, 6.07) is 8.18. The number of carbonyl (C=O) groups is 2. The highest BCUT2D eigenvalue weighted by atomic mass is 32.2. The van der Waals surface area contributed by atoms with Crippen molar-refractivity contribution in [1.29, 1.82) is 5.26 Å². The lowest BCUT2D eigenvalue weighted by Gasteiger charge is -2.28. The zero-order valence-electron chi connectivity index (χ0n) is 22.1. The molecule has 11 heteroatoms. The standard InChI is InChI=1S/C27H35N5O5S/c1-18(2)38(35,36)24(16-28)26(29-21-9-10-23-20(15-21)14-19(3)37-23)30-22-8-4-5-13-32(27(22)34)17-25(33)31-11-6-7-12-31/h9-10,14-15,18,22,29-30H,4-8,11-13,17H2,1-3H3/b26-24+/t22-/m0/s1. The molecule has 10 nitrogen and oxygen atoms in total. The molecule has 204 valence electrons. The number of amides is 2. The number of aryl methyl sites for hydroxylation is 1. The van der Waals surface area contributed by atoms with E-state index in [0.717, 1.165) is 30.4 Å². The van der Waals surface area contributed by atoms with Crippen molar-refractivity contribution < 1.29 is 22.4 Å². The van der Waals surface area contributed by atoms with E-state index < -0.39 is 26.0 Å². The molecule has 0 bridgehead atoms. The van der Waals surface area contributed by atoms with Gasteiger partial charge in [0.05, 0.1) is 11.8 Å². The Labute approximate surface area is 223 Å². The number of likely N-dealkylation sites (tertiary alicyclic amines) is 2. The van der Waals surface area contributed by atoms with Crippen LogP contribution >= 0.6 is 0 Å². The third-order valence-electron chi connectivity index (χ3n) is 7.03. The maximum absolute atomic E-state index is 13.6. The van der Waals surface area contributed by atoms with Gasteiger partial charge in [-0.15, -0.1) is 0 Å². The van der Waals surface area contributed by atoms with Crippen molar-refractivity contribution in [2.45, 2.75) is 64.2 Å². The fourth-order valence-corrected chi connectivity index (χ4v) is 5.85. The normalized spacial score (nSPS) is 19.3. The SMILES string of the molecule is Cc1cc2cc(N/C(N[C@H]3CCCCN(CC(=O)N4CCCC4)C3=O)=C(/C#N)S(=O)(=O)C(C)C)ccc2o1. The Balaban J connectivity index is 1.65. The minimum Gasteiger partial charge on any atom is -0.461 e. The molecule has 1 atom stereocenters. The third-order valence-corrected chi connectivity index (χ3v) is 9.13. The molecule has 2 aromatic rings. The number of nitrogens with one attached hydrogen (secondary N) is 2. The van der Waals surface area contributed by atoms with Crippen LogP contribution in [0.15, 0.2) is 39.4 Å². The number of nitrogens with zero attached hydrogens (tertiary/aromatic N) is 3. The van der Waals surface area contributed by atoms with Crippen molar-refractivity contribution in [3.63, 3.8) is 0 Å². The van der Waals surface area contributed by atoms with Crippen LogP contribution in [-0.2, 0) is 19.4 Å². The number of sulfone groups is 1. The lowest BCUT2D eigenvalue weighted by atomic mass is 10.1. The van der Waals surface area contributed by atoms with Gasteiger partial charge in [0.2, 0.25) is 11.8 Å². The van der Waals surface area contributed by atoms with E-state index in [4.69, 9.17) is 4.42 Å². The fourth-order valence-electron chi connectivity index (χ4n) is 4.85. The molecule has 1 aromatic heterocycles. The molecule has 0 saturated carbocycles. The Kier molecular flexibility index (Phi) is 8.31. The smallest absolute Gasteiger partial charge is 0.245 e. The highest BCUT2D eigenvalue weighted by Gasteiger charge is 2.33. The number of carbonyl (C=O) groups excluding carboxylic acids is 2. The summed E-state index contributed by atoms with van der Waals surface area (Å²) in [5.41, 5.74) is 1.22. The van der Waals surface area contributed by atoms with Crippen molar-refractivity contribution in [2.24, 2.45) is 0 Å². The van der Waals surface area contributed by atoms with Crippen molar-refractivity contribution in [3.05, 3.63) is 40.8 Å². The molecule has 1 aromatic carbocycles. The molecule has 0 aliphatic carbocycles. The third kappa shape index (κ3) is 5.96. The molecule has 38 heavy (non-hydrogen) atoms. The monoisotopic (exact) mass is 541 g/mol. The Morgan fingerprint density at radius 2 is 1.87 bits per heavy atom. The summed E-state index contributed by atoms with van der Waals surface area (Å²) in [5.74, 6) is 0.328. The maximum atomic E-state index is 13.6. The van der Waals surface area contributed by atoms with E-state index in [0.29, 0.717) is 43.7 Å². The van der Waals surface area contributed by atoms with E-state index in [1.807, 2.05) is 19.1 Å². The molecule has 2 aliphatic rings. The molecule has 4 rings (SSSR count). The van der Waals surface area contributed by atoms with Crippen LogP contribution in [0.1, 0.15) is 51.7 Å². The van der Waals surface area contributed by atoms with Crippen molar-refractivity contribution in [3.8, 4) is 6.07 Å². The van der Waals surface area contributed by atoms with Gasteiger partial charge >= 0.3 is 0 Å². The number of fused-ring (bicyclic) bond motifs is 1. The quantitative estimate of drug-likeness (QED) is 0.486. The van der Waals surface area contributed by atoms with Crippen molar-refractivity contribution in [1.82, 2.24) is 15.1 Å². The Morgan fingerprint density at radius 1 is 1.16 bits per heavy atom.